The topological polar surface area (TPSA) is 74.1 Å². The van der Waals surface area contributed by atoms with Crippen LogP contribution in [0.3, 0.4) is 0 Å². The number of benzene rings is 1. The van der Waals surface area contributed by atoms with E-state index in [2.05, 4.69) is 4.98 Å². The van der Waals surface area contributed by atoms with Crippen LogP contribution in [-0.2, 0) is 10.0 Å². The first kappa shape index (κ1) is 16.4. The van der Waals surface area contributed by atoms with Crippen molar-refractivity contribution in [2.75, 3.05) is 7.05 Å². The minimum absolute atomic E-state index is 0.112. The molecule has 0 radical (unpaired) electrons. The average Bonchev–Trinajstić information content (AvgIpc) is 2.53. The van der Waals surface area contributed by atoms with Gasteiger partial charge in [0.25, 0.3) is 0 Å². The highest BCUT2D eigenvalue weighted by Crippen LogP contribution is 2.30. The van der Waals surface area contributed by atoms with Crippen molar-refractivity contribution < 1.29 is 8.42 Å². The first-order valence-electron chi connectivity index (χ1n) is 6.47. The molecule has 0 aliphatic rings. The van der Waals surface area contributed by atoms with Crippen molar-refractivity contribution in [2.24, 2.45) is 0 Å². The third kappa shape index (κ3) is 2.97. The molecule has 0 saturated carbocycles. The Hall–Kier alpha value is -1.94. The van der Waals surface area contributed by atoms with Crippen molar-refractivity contribution in [1.29, 1.82) is 5.26 Å². The van der Waals surface area contributed by atoms with Crippen molar-refractivity contribution in [3.8, 4) is 6.07 Å². The Morgan fingerprint density at radius 3 is 2.59 bits per heavy atom. The van der Waals surface area contributed by atoms with Crippen LogP contribution in [0.5, 0.6) is 0 Å². The number of hydrogen-bond acceptors (Lipinski definition) is 4. The molecule has 114 valence electrons. The Morgan fingerprint density at radius 1 is 1.27 bits per heavy atom. The van der Waals surface area contributed by atoms with E-state index in [0.29, 0.717) is 10.6 Å². The normalized spacial score (nSPS) is 12.9. The van der Waals surface area contributed by atoms with Crippen LogP contribution in [0.1, 0.15) is 24.2 Å². The molecule has 0 amide bonds. The second-order valence-corrected chi connectivity index (χ2v) is 7.05. The summed E-state index contributed by atoms with van der Waals surface area (Å²) in [5.74, 6) is 0. The molecule has 0 aliphatic heterocycles. The molecule has 0 bridgehead atoms. The van der Waals surface area contributed by atoms with Gasteiger partial charge in [0, 0.05) is 24.3 Å². The lowest BCUT2D eigenvalue weighted by atomic mass is 10.1. The highest BCUT2D eigenvalue weighted by Gasteiger charge is 2.29. The van der Waals surface area contributed by atoms with Crippen LogP contribution < -0.4 is 0 Å². The second-order valence-electron chi connectivity index (χ2n) is 4.68. The molecule has 0 spiro atoms. The van der Waals surface area contributed by atoms with Gasteiger partial charge in [-0.1, -0.05) is 29.8 Å². The van der Waals surface area contributed by atoms with Crippen molar-refractivity contribution in [1.82, 2.24) is 9.29 Å². The Labute approximate surface area is 134 Å². The summed E-state index contributed by atoms with van der Waals surface area (Å²) >= 11 is 6.13. The summed E-state index contributed by atoms with van der Waals surface area (Å²) in [5.41, 5.74) is 0.568. The molecule has 1 heterocycles. The summed E-state index contributed by atoms with van der Waals surface area (Å²) < 4.78 is 26.6. The van der Waals surface area contributed by atoms with E-state index < -0.39 is 16.1 Å². The van der Waals surface area contributed by atoms with Gasteiger partial charge in [-0.05, 0) is 30.7 Å². The van der Waals surface area contributed by atoms with Gasteiger partial charge in [-0.3, -0.25) is 0 Å². The molecule has 0 aliphatic carbocycles. The van der Waals surface area contributed by atoms with Crippen LogP contribution in [0.4, 0.5) is 0 Å². The molecular formula is C15H14ClN3O2S. The van der Waals surface area contributed by atoms with Crippen LogP contribution in [-0.4, -0.2) is 24.8 Å². The van der Waals surface area contributed by atoms with Gasteiger partial charge in [-0.25, -0.2) is 13.4 Å². The summed E-state index contributed by atoms with van der Waals surface area (Å²) in [4.78, 5) is 3.69. The van der Waals surface area contributed by atoms with E-state index >= 15 is 0 Å². The largest absolute Gasteiger partial charge is 0.246 e. The minimum Gasteiger partial charge on any atom is -0.244 e. The van der Waals surface area contributed by atoms with Crippen molar-refractivity contribution >= 4 is 21.6 Å². The maximum absolute atomic E-state index is 12.7. The summed E-state index contributed by atoms with van der Waals surface area (Å²) in [6, 6.07) is 11.2. The molecule has 1 atom stereocenters. The number of aromatic nitrogens is 1. The number of hydrogen-bond donors (Lipinski definition) is 0. The highest BCUT2D eigenvalue weighted by atomic mass is 35.5. The third-order valence-corrected chi connectivity index (χ3v) is 5.74. The first-order chi connectivity index (χ1) is 10.4. The Bertz CT molecular complexity index is 831. The zero-order valence-corrected chi connectivity index (χ0v) is 13.6. The lowest BCUT2D eigenvalue weighted by molar-refractivity contribution is 0.398. The standard InChI is InChI=1S/C15H14ClN3O2S/c1-11(12-6-3-4-7-13(12)16)19(2)22(20,21)15-8-5-9-18-14(15)10-17/h3-9,11H,1-2H3/t11-/m1/s1. The lowest BCUT2D eigenvalue weighted by Gasteiger charge is -2.25. The summed E-state index contributed by atoms with van der Waals surface area (Å²) in [6.07, 6.45) is 1.38. The number of sulfonamides is 1. The maximum Gasteiger partial charge on any atom is 0.246 e. The minimum atomic E-state index is -3.86. The van der Waals surface area contributed by atoms with Gasteiger partial charge >= 0.3 is 0 Å². The fourth-order valence-corrected chi connectivity index (χ4v) is 3.78. The Balaban J connectivity index is 2.46. The van der Waals surface area contributed by atoms with Crippen LogP contribution >= 0.6 is 11.6 Å². The van der Waals surface area contributed by atoms with Crippen LogP contribution in [0.2, 0.25) is 5.02 Å². The Morgan fingerprint density at radius 2 is 1.95 bits per heavy atom. The van der Waals surface area contributed by atoms with E-state index in [9.17, 15) is 8.42 Å². The van der Waals surface area contributed by atoms with Gasteiger partial charge in [0.05, 0.1) is 0 Å². The number of halogens is 1. The third-order valence-electron chi connectivity index (χ3n) is 3.43. The molecule has 5 nitrogen and oxygen atoms in total. The van der Waals surface area contributed by atoms with Gasteiger partial charge in [0.15, 0.2) is 5.69 Å². The van der Waals surface area contributed by atoms with E-state index in [1.165, 1.54) is 29.7 Å². The Kier molecular flexibility index (Phi) is 4.81. The number of pyridine rings is 1. The number of rotatable bonds is 4. The van der Waals surface area contributed by atoms with E-state index in [1.807, 2.05) is 0 Å². The predicted molar refractivity (Wildman–Crippen MR) is 83.8 cm³/mol. The zero-order valence-electron chi connectivity index (χ0n) is 12.1. The van der Waals surface area contributed by atoms with Gasteiger partial charge in [-0.2, -0.15) is 9.57 Å². The quantitative estimate of drug-likeness (QED) is 0.860. The first-order valence-corrected chi connectivity index (χ1v) is 8.29. The lowest BCUT2D eigenvalue weighted by Crippen LogP contribution is -2.30. The van der Waals surface area contributed by atoms with Crippen molar-refractivity contribution in [3.63, 3.8) is 0 Å². The molecule has 7 heteroatoms. The summed E-state index contributed by atoms with van der Waals surface area (Å²) in [7, 11) is -2.40. The molecule has 1 aromatic heterocycles. The maximum atomic E-state index is 12.7. The van der Waals surface area contributed by atoms with Crippen molar-refractivity contribution in [2.45, 2.75) is 17.9 Å². The summed E-state index contributed by atoms with van der Waals surface area (Å²) in [6.45, 7) is 1.74. The van der Waals surface area contributed by atoms with E-state index in [-0.39, 0.29) is 10.6 Å². The molecule has 1 aromatic carbocycles. The molecule has 2 aromatic rings. The van der Waals surface area contributed by atoms with Gasteiger partial charge in [-0.15, -0.1) is 0 Å². The molecule has 0 saturated heterocycles. The smallest absolute Gasteiger partial charge is 0.244 e. The molecule has 22 heavy (non-hydrogen) atoms. The zero-order chi connectivity index (χ0) is 16.3. The average molecular weight is 336 g/mol. The second kappa shape index (κ2) is 6.44. The number of nitrogens with zero attached hydrogens (tertiary/aromatic N) is 3. The van der Waals surface area contributed by atoms with Crippen LogP contribution in [0.15, 0.2) is 47.5 Å². The molecular weight excluding hydrogens is 322 g/mol. The molecule has 0 unspecified atom stereocenters. The van der Waals surface area contributed by atoms with Gasteiger partial charge < -0.3 is 0 Å². The molecule has 0 fully saturated rings. The fourth-order valence-electron chi connectivity index (χ4n) is 2.06. The van der Waals surface area contributed by atoms with Crippen LogP contribution in [0.25, 0.3) is 0 Å². The van der Waals surface area contributed by atoms with Crippen molar-refractivity contribution in [3.05, 3.63) is 58.9 Å². The number of nitriles is 1. The SMILES string of the molecule is C[C@H](c1ccccc1Cl)N(C)S(=O)(=O)c1cccnc1C#N. The van der Waals surface area contributed by atoms with E-state index in [1.54, 1.807) is 37.3 Å². The summed E-state index contributed by atoms with van der Waals surface area (Å²) in [5, 5.41) is 9.54. The van der Waals surface area contributed by atoms with Gasteiger partial charge in [0.2, 0.25) is 10.0 Å². The van der Waals surface area contributed by atoms with E-state index in [4.69, 9.17) is 16.9 Å². The predicted octanol–water partition coefficient (Wildman–Crippen LogP) is 2.99. The molecule has 2 rings (SSSR count). The fraction of sp³-hybridized carbons (Fsp3) is 0.200. The monoisotopic (exact) mass is 335 g/mol. The molecule has 0 N–H and O–H groups in total. The van der Waals surface area contributed by atoms with E-state index in [0.717, 1.165) is 0 Å². The highest BCUT2D eigenvalue weighted by molar-refractivity contribution is 7.89. The van der Waals surface area contributed by atoms with Crippen LogP contribution in [0, 0.1) is 11.3 Å². The van der Waals surface area contributed by atoms with Gasteiger partial charge in [0.1, 0.15) is 11.0 Å².